The average molecular weight is 285 g/mol. The molecule has 1 aromatic rings. The maximum Gasteiger partial charge on any atom is 0.250 e. The van der Waals surface area contributed by atoms with Gasteiger partial charge in [0.2, 0.25) is 5.91 Å². The smallest absolute Gasteiger partial charge is 0.250 e. The standard InChI is InChI=1S/C13H17ClN2O3/c1-13(7-15-8-13)19-6-12(17)16-11-5-9(18-2)3-4-10(11)14/h3-5,15H,6-8H2,1-2H3,(H,16,17). The first-order chi connectivity index (χ1) is 9.02. The fourth-order valence-corrected chi connectivity index (χ4v) is 1.90. The van der Waals surface area contributed by atoms with Gasteiger partial charge in [-0.05, 0) is 19.1 Å². The van der Waals surface area contributed by atoms with Crippen molar-refractivity contribution in [3.05, 3.63) is 23.2 Å². The number of ether oxygens (including phenoxy) is 2. The van der Waals surface area contributed by atoms with E-state index in [0.29, 0.717) is 16.5 Å². The van der Waals surface area contributed by atoms with Gasteiger partial charge < -0.3 is 20.1 Å². The van der Waals surface area contributed by atoms with Gasteiger partial charge in [0.05, 0.1) is 23.4 Å². The molecule has 1 aliphatic rings. The summed E-state index contributed by atoms with van der Waals surface area (Å²) in [5, 5.41) is 6.28. The zero-order valence-electron chi connectivity index (χ0n) is 11.0. The Morgan fingerprint density at radius 1 is 1.53 bits per heavy atom. The van der Waals surface area contributed by atoms with Gasteiger partial charge in [-0.25, -0.2) is 0 Å². The van der Waals surface area contributed by atoms with Gasteiger partial charge in [0.1, 0.15) is 12.4 Å². The molecule has 1 fully saturated rings. The van der Waals surface area contributed by atoms with Crippen LogP contribution in [0.5, 0.6) is 5.75 Å². The van der Waals surface area contributed by atoms with Crippen molar-refractivity contribution in [2.45, 2.75) is 12.5 Å². The van der Waals surface area contributed by atoms with Crippen molar-refractivity contribution >= 4 is 23.2 Å². The summed E-state index contributed by atoms with van der Waals surface area (Å²) in [6.45, 7) is 3.50. The third kappa shape index (κ3) is 3.59. The number of carbonyl (C=O) groups is 1. The number of nitrogens with one attached hydrogen (secondary N) is 2. The first-order valence-corrected chi connectivity index (χ1v) is 6.38. The van der Waals surface area contributed by atoms with E-state index < -0.39 is 0 Å². The summed E-state index contributed by atoms with van der Waals surface area (Å²) in [6, 6.07) is 5.08. The van der Waals surface area contributed by atoms with Crippen LogP contribution in [0.3, 0.4) is 0 Å². The second-order valence-corrected chi connectivity index (χ2v) is 5.14. The lowest BCUT2D eigenvalue weighted by Crippen LogP contribution is -2.59. The van der Waals surface area contributed by atoms with Crippen molar-refractivity contribution in [2.24, 2.45) is 0 Å². The molecule has 19 heavy (non-hydrogen) atoms. The largest absolute Gasteiger partial charge is 0.497 e. The summed E-state index contributed by atoms with van der Waals surface area (Å²) in [6.07, 6.45) is 0. The quantitative estimate of drug-likeness (QED) is 0.863. The van der Waals surface area contributed by atoms with Crippen LogP contribution in [0.4, 0.5) is 5.69 Å². The molecule has 0 unspecified atom stereocenters. The number of carbonyl (C=O) groups excluding carboxylic acids is 1. The van der Waals surface area contributed by atoms with Crippen molar-refractivity contribution < 1.29 is 14.3 Å². The lowest BCUT2D eigenvalue weighted by Gasteiger charge is -2.38. The van der Waals surface area contributed by atoms with Crippen LogP contribution in [-0.2, 0) is 9.53 Å². The van der Waals surface area contributed by atoms with Crippen LogP contribution >= 0.6 is 11.6 Å². The maximum absolute atomic E-state index is 11.8. The molecule has 0 radical (unpaired) electrons. The van der Waals surface area contributed by atoms with Gasteiger partial charge in [-0.15, -0.1) is 0 Å². The molecule has 2 rings (SSSR count). The monoisotopic (exact) mass is 284 g/mol. The highest BCUT2D eigenvalue weighted by Crippen LogP contribution is 2.26. The Balaban J connectivity index is 1.91. The lowest BCUT2D eigenvalue weighted by molar-refractivity contribution is -0.130. The first kappa shape index (κ1) is 14.1. The first-order valence-electron chi connectivity index (χ1n) is 6.00. The van der Waals surface area contributed by atoms with Crippen LogP contribution in [0.25, 0.3) is 0 Å². The molecular weight excluding hydrogens is 268 g/mol. The van der Waals surface area contributed by atoms with Crippen molar-refractivity contribution in [1.82, 2.24) is 5.32 Å². The van der Waals surface area contributed by atoms with E-state index in [1.807, 2.05) is 6.92 Å². The minimum absolute atomic E-state index is 0.00567. The molecule has 0 spiro atoms. The molecule has 0 saturated carbocycles. The van der Waals surface area contributed by atoms with E-state index in [-0.39, 0.29) is 18.1 Å². The molecule has 0 aliphatic carbocycles. The molecule has 1 aliphatic heterocycles. The van der Waals surface area contributed by atoms with Crippen molar-refractivity contribution in [1.29, 1.82) is 0 Å². The number of methoxy groups -OCH3 is 1. The third-order valence-corrected chi connectivity index (χ3v) is 3.33. The highest BCUT2D eigenvalue weighted by atomic mass is 35.5. The maximum atomic E-state index is 11.8. The minimum atomic E-state index is -0.241. The highest BCUT2D eigenvalue weighted by Gasteiger charge is 2.33. The van der Waals surface area contributed by atoms with Gasteiger partial charge in [-0.2, -0.15) is 0 Å². The summed E-state index contributed by atoms with van der Waals surface area (Å²) >= 11 is 6.00. The van der Waals surface area contributed by atoms with Gasteiger partial charge in [0.25, 0.3) is 0 Å². The molecule has 104 valence electrons. The fraction of sp³-hybridized carbons (Fsp3) is 0.462. The number of rotatable bonds is 5. The Labute approximate surface area is 117 Å². The van der Waals surface area contributed by atoms with Crippen LogP contribution in [0.2, 0.25) is 5.02 Å². The van der Waals surface area contributed by atoms with E-state index in [1.165, 1.54) is 0 Å². The predicted molar refractivity (Wildman–Crippen MR) is 73.9 cm³/mol. The van der Waals surface area contributed by atoms with E-state index in [9.17, 15) is 4.79 Å². The van der Waals surface area contributed by atoms with Gasteiger partial charge in [0.15, 0.2) is 0 Å². The number of hydrogen-bond acceptors (Lipinski definition) is 4. The molecule has 2 N–H and O–H groups in total. The number of amides is 1. The van der Waals surface area contributed by atoms with Crippen LogP contribution in [0.1, 0.15) is 6.92 Å². The molecule has 1 aromatic carbocycles. The number of anilines is 1. The van der Waals surface area contributed by atoms with Gasteiger partial charge in [-0.3, -0.25) is 4.79 Å². The number of hydrogen-bond donors (Lipinski definition) is 2. The van der Waals surface area contributed by atoms with E-state index >= 15 is 0 Å². The lowest BCUT2D eigenvalue weighted by atomic mass is 10.0. The second kappa shape index (κ2) is 5.77. The van der Waals surface area contributed by atoms with Crippen LogP contribution in [0.15, 0.2) is 18.2 Å². The zero-order chi connectivity index (χ0) is 13.9. The molecule has 0 aromatic heterocycles. The Morgan fingerprint density at radius 3 is 2.84 bits per heavy atom. The molecule has 1 saturated heterocycles. The predicted octanol–water partition coefficient (Wildman–Crippen LogP) is 1.67. The zero-order valence-corrected chi connectivity index (χ0v) is 11.7. The molecule has 0 atom stereocenters. The molecule has 0 bridgehead atoms. The summed E-state index contributed by atoms with van der Waals surface area (Å²) in [5.41, 5.74) is 0.279. The number of benzene rings is 1. The minimum Gasteiger partial charge on any atom is -0.497 e. The summed E-state index contributed by atoms with van der Waals surface area (Å²) in [5.74, 6) is 0.402. The summed E-state index contributed by atoms with van der Waals surface area (Å²) < 4.78 is 10.6. The van der Waals surface area contributed by atoms with Gasteiger partial charge in [-0.1, -0.05) is 11.6 Å². The van der Waals surface area contributed by atoms with E-state index in [0.717, 1.165) is 13.1 Å². The van der Waals surface area contributed by atoms with Crippen molar-refractivity contribution in [2.75, 3.05) is 32.1 Å². The summed E-state index contributed by atoms with van der Waals surface area (Å²) in [4.78, 5) is 11.8. The molecule has 1 heterocycles. The SMILES string of the molecule is COc1ccc(Cl)c(NC(=O)COC2(C)CNC2)c1. The van der Waals surface area contributed by atoms with E-state index in [1.54, 1.807) is 25.3 Å². The summed E-state index contributed by atoms with van der Waals surface area (Å²) in [7, 11) is 1.56. The van der Waals surface area contributed by atoms with Gasteiger partial charge >= 0.3 is 0 Å². The van der Waals surface area contributed by atoms with Crippen LogP contribution in [-0.4, -0.2) is 38.3 Å². The van der Waals surface area contributed by atoms with E-state index in [4.69, 9.17) is 21.1 Å². The number of halogens is 1. The fourth-order valence-electron chi connectivity index (χ4n) is 1.73. The Bertz CT molecular complexity index is 475. The Hall–Kier alpha value is -1.30. The van der Waals surface area contributed by atoms with Crippen LogP contribution in [0, 0.1) is 0 Å². The van der Waals surface area contributed by atoms with Gasteiger partial charge in [0, 0.05) is 19.2 Å². The Kier molecular flexibility index (Phi) is 4.29. The topological polar surface area (TPSA) is 59.6 Å². The highest BCUT2D eigenvalue weighted by molar-refractivity contribution is 6.33. The molecule has 6 heteroatoms. The Morgan fingerprint density at radius 2 is 2.26 bits per heavy atom. The third-order valence-electron chi connectivity index (χ3n) is 3.00. The molecular formula is C13H17ClN2O3. The molecule has 1 amide bonds. The normalized spacial score (nSPS) is 16.6. The van der Waals surface area contributed by atoms with Crippen LogP contribution < -0.4 is 15.4 Å². The van der Waals surface area contributed by atoms with Crippen molar-refractivity contribution in [3.63, 3.8) is 0 Å². The molecule has 5 nitrogen and oxygen atoms in total. The average Bonchev–Trinajstić information content (AvgIpc) is 2.37. The second-order valence-electron chi connectivity index (χ2n) is 4.74. The van der Waals surface area contributed by atoms with Crippen molar-refractivity contribution in [3.8, 4) is 5.75 Å². The van der Waals surface area contributed by atoms with E-state index in [2.05, 4.69) is 10.6 Å².